The van der Waals surface area contributed by atoms with Gasteiger partial charge < -0.3 is 15.5 Å². The predicted molar refractivity (Wildman–Crippen MR) is 115 cm³/mol. The molecule has 0 saturated carbocycles. The first kappa shape index (κ1) is 21.6. The molecule has 1 aromatic heterocycles. The van der Waals surface area contributed by atoms with Crippen molar-refractivity contribution in [2.75, 3.05) is 26.2 Å². The lowest BCUT2D eigenvalue weighted by Gasteiger charge is -2.33. The predicted octanol–water partition coefficient (Wildman–Crippen LogP) is 3.39. The summed E-state index contributed by atoms with van der Waals surface area (Å²) in [6, 6.07) is 0.750. The fourth-order valence-electron chi connectivity index (χ4n) is 2.96. The van der Waals surface area contributed by atoms with Crippen LogP contribution >= 0.6 is 35.3 Å². The van der Waals surface area contributed by atoms with Gasteiger partial charge in [0.2, 0.25) is 0 Å². The second-order valence-corrected chi connectivity index (χ2v) is 7.52. The standard InChI is InChI=1S/C17H31N5S.HI/c1-4-18-17(21-13-16-12-20-15(3)23-16)19-9-7-11-22-10-6-5-8-14(22)2;/h12,14H,4-11,13H2,1-3H3,(H2,18,19,21);1H. The quantitative estimate of drug-likeness (QED) is 0.281. The molecule has 0 bridgehead atoms. The van der Waals surface area contributed by atoms with Gasteiger partial charge in [0, 0.05) is 36.8 Å². The van der Waals surface area contributed by atoms with Crippen LogP contribution in [0.4, 0.5) is 0 Å². The van der Waals surface area contributed by atoms with Crippen molar-refractivity contribution < 1.29 is 0 Å². The smallest absolute Gasteiger partial charge is 0.191 e. The number of thiazole rings is 1. The molecule has 7 heteroatoms. The zero-order valence-corrected chi connectivity index (χ0v) is 18.3. The Morgan fingerprint density at radius 1 is 1.42 bits per heavy atom. The number of aryl methyl sites for hydroxylation is 1. The van der Waals surface area contributed by atoms with Gasteiger partial charge in [-0.1, -0.05) is 6.42 Å². The van der Waals surface area contributed by atoms with Crippen LogP contribution in [0.3, 0.4) is 0 Å². The van der Waals surface area contributed by atoms with Gasteiger partial charge in [-0.25, -0.2) is 9.98 Å². The molecule has 1 unspecified atom stereocenters. The van der Waals surface area contributed by atoms with Crippen LogP contribution in [0.5, 0.6) is 0 Å². The molecule has 2 rings (SSSR count). The van der Waals surface area contributed by atoms with Crippen LogP contribution in [-0.4, -0.2) is 48.1 Å². The third kappa shape index (κ3) is 7.65. The summed E-state index contributed by atoms with van der Waals surface area (Å²) in [6.07, 6.45) is 7.19. The summed E-state index contributed by atoms with van der Waals surface area (Å²) in [6.45, 7) is 11.5. The Morgan fingerprint density at radius 2 is 2.25 bits per heavy atom. The molecule has 1 atom stereocenters. The van der Waals surface area contributed by atoms with E-state index in [4.69, 9.17) is 0 Å². The summed E-state index contributed by atoms with van der Waals surface area (Å²) < 4.78 is 0. The molecule has 1 aliphatic heterocycles. The zero-order valence-electron chi connectivity index (χ0n) is 15.2. The molecule has 0 aromatic carbocycles. The van der Waals surface area contributed by atoms with Crippen LogP contribution < -0.4 is 10.6 Å². The molecule has 24 heavy (non-hydrogen) atoms. The van der Waals surface area contributed by atoms with Crippen LogP contribution in [0.15, 0.2) is 11.2 Å². The van der Waals surface area contributed by atoms with E-state index in [1.165, 1.54) is 37.2 Å². The first-order valence-electron chi connectivity index (χ1n) is 8.86. The zero-order chi connectivity index (χ0) is 16.5. The molecule has 0 aliphatic carbocycles. The number of hydrogen-bond acceptors (Lipinski definition) is 4. The van der Waals surface area contributed by atoms with E-state index >= 15 is 0 Å². The van der Waals surface area contributed by atoms with Crippen molar-refractivity contribution in [3.05, 3.63) is 16.1 Å². The highest BCUT2D eigenvalue weighted by Crippen LogP contribution is 2.16. The number of aromatic nitrogens is 1. The van der Waals surface area contributed by atoms with Crippen molar-refractivity contribution in [2.24, 2.45) is 4.99 Å². The summed E-state index contributed by atoms with van der Waals surface area (Å²) >= 11 is 1.71. The van der Waals surface area contributed by atoms with Gasteiger partial charge in [0.15, 0.2) is 5.96 Å². The van der Waals surface area contributed by atoms with Crippen LogP contribution in [-0.2, 0) is 6.54 Å². The van der Waals surface area contributed by atoms with E-state index in [0.717, 1.165) is 36.5 Å². The Balaban J connectivity index is 0.00000288. The largest absolute Gasteiger partial charge is 0.357 e. The number of nitrogens with one attached hydrogen (secondary N) is 2. The number of likely N-dealkylation sites (tertiary alicyclic amines) is 1. The number of nitrogens with zero attached hydrogens (tertiary/aromatic N) is 3. The van der Waals surface area contributed by atoms with Crippen molar-refractivity contribution in [3.8, 4) is 0 Å². The van der Waals surface area contributed by atoms with Gasteiger partial charge in [0.25, 0.3) is 0 Å². The average Bonchev–Trinajstić information content (AvgIpc) is 2.96. The normalized spacial score (nSPS) is 19.0. The minimum Gasteiger partial charge on any atom is -0.357 e. The molecular formula is C17H32IN5S. The minimum absolute atomic E-state index is 0. The van der Waals surface area contributed by atoms with E-state index in [1.807, 2.05) is 13.1 Å². The maximum atomic E-state index is 4.65. The Labute approximate surface area is 167 Å². The molecule has 1 aliphatic rings. The van der Waals surface area contributed by atoms with E-state index in [2.05, 4.69) is 39.4 Å². The van der Waals surface area contributed by atoms with E-state index in [9.17, 15) is 0 Å². The van der Waals surface area contributed by atoms with Crippen LogP contribution in [0, 0.1) is 6.92 Å². The van der Waals surface area contributed by atoms with Gasteiger partial charge in [-0.05, 0) is 46.6 Å². The molecule has 2 N–H and O–H groups in total. The maximum absolute atomic E-state index is 4.65. The lowest BCUT2D eigenvalue weighted by Crippen LogP contribution is -2.41. The third-order valence-electron chi connectivity index (χ3n) is 4.26. The molecule has 2 heterocycles. The monoisotopic (exact) mass is 465 g/mol. The van der Waals surface area contributed by atoms with Crippen LogP contribution in [0.1, 0.15) is 49.4 Å². The molecule has 1 fully saturated rings. The van der Waals surface area contributed by atoms with Crippen molar-refractivity contribution in [1.29, 1.82) is 0 Å². The average molecular weight is 465 g/mol. The molecule has 5 nitrogen and oxygen atoms in total. The van der Waals surface area contributed by atoms with E-state index in [0.29, 0.717) is 6.54 Å². The summed E-state index contributed by atoms with van der Waals surface area (Å²) in [5.41, 5.74) is 0. The van der Waals surface area contributed by atoms with Gasteiger partial charge in [0.05, 0.1) is 11.6 Å². The van der Waals surface area contributed by atoms with E-state index in [1.54, 1.807) is 11.3 Å². The van der Waals surface area contributed by atoms with Crippen LogP contribution in [0.25, 0.3) is 0 Å². The fraction of sp³-hybridized carbons (Fsp3) is 0.765. The highest BCUT2D eigenvalue weighted by atomic mass is 127. The van der Waals surface area contributed by atoms with Gasteiger partial charge in [-0.3, -0.25) is 0 Å². The van der Waals surface area contributed by atoms with E-state index in [-0.39, 0.29) is 24.0 Å². The molecule has 0 spiro atoms. The molecule has 0 amide bonds. The first-order valence-corrected chi connectivity index (χ1v) is 9.68. The SMILES string of the molecule is CCNC(=NCc1cnc(C)s1)NCCCN1CCCCC1C.I. The molecule has 1 aromatic rings. The number of guanidine groups is 1. The Kier molecular flexibility index (Phi) is 10.8. The van der Waals surface area contributed by atoms with Gasteiger partial charge >= 0.3 is 0 Å². The topological polar surface area (TPSA) is 52.6 Å². The maximum Gasteiger partial charge on any atom is 0.191 e. The Hall–Kier alpha value is -0.410. The number of aliphatic imine (C=N–C) groups is 1. The second kappa shape index (κ2) is 12.0. The van der Waals surface area contributed by atoms with Crippen molar-refractivity contribution in [1.82, 2.24) is 20.5 Å². The lowest BCUT2D eigenvalue weighted by molar-refractivity contribution is 0.159. The fourth-order valence-corrected chi connectivity index (χ4v) is 3.68. The summed E-state index contributed by atoms with van der Waals surface area (Å²) in [5.74, 6) is 0.908. The van der Waals surface area contributed by atoms with Gasteiger partial charge in [-0.15, -0.1) is 35.3 Å². The summed E-state index contributed by atoms with van der Waals surface area (Å²) in [4.78, 5) is 12.8. The number of rotatable bonds is 7. The van der Waals surface area contributed by atoms with Crippen molar-refractivity contribution in [2.45, 2.75) is 59.0 Å². The summed E-state index contributed by atoms with van der Waals surface area (Å²) in [5, 5.41) is 7.87. The second-order valence-electron chi connectivity index (χ2n) is 6.20. The number of halogens is 1. The molecular weight excluding hydrogens is 433 g/mol. The highest BCUT2D eigenvalue weighted by molar-refractivity contribution is 14.0. The summed E-state index contributed by atoms with van der Waals surface area (Å²) in [7, 11) is 0. The Bertz CT molecular complexity index is 491. The minimum atomic E-state index is 0. The van der Waals surface area contributed by atoms with Crippen LogP contribution in [0.2, 0.25) is 0 Å². The molecule has 0 radical (unpaired) electrons. The van der Waals surface area contributed by atoms with Crippen molar-refractivity contribution >= 4 is 41.3 Å². The van der Waals surface area contributed by atoms with Gasteiger partial charge in [0.1, 0.15) is 0 Å². The number of piperidine rings is 1. The molecule has 1 saturated heterocycles. The van der Waals surface area contributed by atoms with Gasteiger partial charge in [-0.2, -0.15) is 0 Å². The number of hydrogen-bond donors (Lipinski definition) is 2. The van der Waals surface area contributed by atoms with Crippen molar-refractivity contribution in [3.63, 3.8) is 0 Å². The lowest BCUT2D eigenvalue weighted by atomic mass is 10.0. The highest BCUT2D eigenvalue weighted by Gasteiger charge is 2.17. The first-order chi connectivity index (χ1) is 11.2. The Morgan fingerprint density at radius 3 is 2.92 bits per heavy atom. The third-order valence-corrected chi connectivity index (χ3v) is 5.16. The van der Waals surface area contributed by atoms with E-state index < -0.39 is 0 Å². The molecule has 138 valence electrons.